The third-order valence-electron chi connectivity index (χ3n) is 11.7. The summed E-state index contributed by atoms with van der Waals surface area (Å²) in [5, 5.41) is 37.3. The molecule has 1 aliphatic rings. The maximum Gasteiger partial charge on any atom is 0.407 e. The molecule has 0 spiro atoms. The second kappa shape index (κ2) is 34.9. The van der Waals surface area contributed by atoms with Gasteiger partial charge in [-0.2, -0.15) is 0 Å². The first-order valence-electron chi connectivity index (χ1n) is 24.0. The van der Waals surface area contributed by atoms with Crippen molar-refractivity contribution in [3.8, 4) is 0 Å². The number of unbranched alkanes of at least 4 members (excludes halogenated alkanes) is 25. The highest BCUT2D eigenvalue weighted by molar-refractivity contribution is 5.82. The highest BCUT2D eigenvalue weighted by atomic mass is 16.6. The smallest absolute Gasteiger partial charge is 0.407 e. The first-order chi connectivity index (χ1) is 28.8. The van der Waals surface area contributed by atoms with Crippen LogP contribution < -0.4 is 10.6 Å². The van der Waals surface area contributed by atoms with Crippen LogP contribution in [0, 0.1) is 0 Å². The zero-order valence-electron chi connectivity index (χ0n) is 37.2. The summed E-state index contributed by atoms with van der Waals surface area (Å²) in [7, 11) is 0. The number of hydrogen-bond acceptors (Lipinski definition) is 8. The van der Waals surface area contributed by atoms with Gasteiger partial charge in [-0.25, -0.2) is 4.79 Å². The molecule has 0 saturated carbocycles. The van der Waals surface area contributed by atoms with Crippen LogP contribution in [-0.2, 0) is 25.7 Å². The number of aliphatic hydroxyl groups excluding tert-OH is 3. The van der Waals surface area contributed by atoms with Crippen molar-refractivity contribution < 1.29 is 39.2 Å². The van der Waals surface area contributed by atoms with Crippen molar-refractivity contribution in [2.75, 3.05) is 19.7 Å². The van der Waals surface area contributed by atoms with Crippen LogP contribution in [0.15, 0.2) is 30.3 Å². The summed E-state index contributed by atoms with van der Waals surface area (Å²) < 4.78 is 11.3. The number of hydrogen-bond donors (Lipinski definition) is 5. The Balaban J connectivity index is 1.92. The molecule has 0 unspecified atom stereocenters. The fourth-order valence-corrected chi connectivity index (χ4v) is 7.99. The number of carbonyl (C=O) groups excluding carboxylic acids is 3. The summed E-state index contributed by atoms with van der Waals surface area (Å²) in [6.07, 6.45) is 26.8. The number of alkyl carbamates (subject to hydrolysis) is 1. The van der Waals surface area contributed by atoms with Gasteiger partial charge in [-0.05, 0) is 18.4 Å². The van der Waals surface area contributed by atoms with Crippen molar-refractivity contribution in [3.63, 3.8) is 0 Å². The van der Waals surface area contributed by atoms with E-state index in [0.29, 0.717) is 13.0 Å². The minimum Gasteiger partial charge on any atom is -0.445 e. The number of carbonyl (C=O) groups is 3. The molecule has 1 fully saturated rings. The number of ether oxygens (including phenoxy) is 2. The lowest BCUT2D eigenvalue weighted by atomic mass is 9.94. The molecule has 1 aromatic rings. The molecule has 2 rings (SSSR count). The molecule has 59 heavy (non-hydrogen) atoms. The van der Waals surface area contributed by atoms with E-state index in [9.17, 15) is 29.7 Å². The first-order valence-corrected chi connectivity index (χ1v) is 24.0. The van der Waals surface area contributed by atoms with E-state index in [1.807, 2.05) is 30.3 Å². The van der Waals surface area contributed by atoms with Crippen LogP contribution in [0.4, 0.5) is 4.79 Å². The third kappa shape index (κ3) is 24.3. The van der Waals surface area contributed by atoms with Crippen LogP contribution >= 0.6 is 0 Å². The lowest BCUT2D eigenvalue weighted by Crippen LogP contribution is -2.69. The Labute approximate surface area is 358 Å². The van der Waals surface area contributed by atoms with Crippen LogP contribution in [0.25, 0.3) is 0 Å². The summed E-state index contributed by atoms with van der Waals surface area (Å²) in [5.74, 6) is -0.789. The number of nitrogens with zero attached hydrogens (tertiary/aromatic N) is 1. The van der Waals surface area contributed by atoms with Gasteiger partial charge in [0.05, 0.1) is 6.61 Å². The summed E-state index contributed by atoms with van der Waals surface area (Å²) in [6, 6.07) is 7.98. The van der Waals surface area contributed by atoms with Crippen molar-refractivity contribution in [1.29, 1.82) is 0 Å². The number of benzene rings is 1. The molecule has 5 N–H and O–H groups in total. The highest BCUT2D eigenvalue weighted by Gasteiger charge is 2.48. The second-order valence-corrected chi connectivity index (χ2v) is 16.9. The van der Waals surface area contributed by atoms with E-state index in [0.717, 1.165) is 56.9 Å². The molecule has 1 heterocycles. The molecule has 1 aromatic carbocycles. The molecule has 0 aliphatic carbocycles. The fraction of sp³-hybridized carbons (Fsp3) is 0.812. The van der Waals surface area contributed by atoms with Gasteiger partial charge in [0.2, 0.25) is 11.8 Å². The summed E-state index contributed by atoms with van der Waals surface area (Å²) in [4.78, 5) is 41.0. The van der Waals surface area contributed by atoms with Crippen molar-refractivity contribution in [1.82, 2.24) is 15.5 Å². The Morgan fingerprint density at radius 3 is 1.58 bits per heavy atom. The minimum atomic E-state index is -1.53. The SMILES string of the molecule is CCCCCCCCCCCCCCCCCCN(C(=O)CCCCCCCCCCCCC)[C@@H]1O[C@H](CO)[C@@H](O)[C@H](O)[C@H]1NC(=O)CNC(=O)OCc1ccccc1. The summed E-state index contributed by atoms with van der Waals surface area (Å²) in [5.41, 5.74) is 0.798. The largest absolute Gasteiger partial charge is 0.445 e. The standard InChI is InChI=1S/C48H85N3O8/c1-3-5-7-9-11-13-15-16-17-18-19-21-23-25-27-32-36-51(43(54)35-31-26-24-22-20-14-12-10-8-6-4-2)47-44(46(56)45(55)41(38-52)59-47)50-42(53)37-49-48(57)58-39-40-33-29-28-30-34-40/h28-30,33-34,41,44-47,52,55-56H,3-27,31-32,35-39H2,1-2H3,(H,49,57)(H,50,53)/t41-,44-,45-,46-,47-/m1/s1. The van der Waals surface area contributed by atoms with Gasteiger partial charge in [0.1, 0.15) is 37.5 Å². The molecule has 3 amide bonds. The number of aliphatic hydroxyl groups is 3. The number of rotatable bonds is 36. The average Bonchev–Trinajstić information content (AvgIpc) is 3.24. The Hall–Kier alpha value is -2.73. The Morgan fingerprint density at radius 2 is 1.10 bits per heavy atom. The Kier molecular flexibility index (Phi) is 31.0. The van der Waals surface area contributed by atoms with Crippen LogP contribution in [0.2, 0.25) is 0 Å². The molecule has 340 valence electrons. The van der Waals surface area contributed by atoms with E-state index in [1.54, 1.807) is 4.90 Å². The average molecular weight is 832 g/mol. The van der Waals surface area contributed by atoms with E-state index < -0.39 is 55.7 Å². The van der Waals surface area contributed by atoms with Crippen LogP contribution in [-0.4, -0.2) is 88.4 Å². The predicted octanol–water partition coefficient (Wildman–Crippen LogP) is 9.63. The number of nitrogens with one attached hydrogen (secondary N) is 2. The quantitative estimate of drug-likeness (QED) is 0.0419. The Bertz CT molecular complexity index is 1190. The lowest BCUT2D eigenvalue weighted by Gasteiger charge is -2.47. The maximum atomic E-state index is 14.0. The van der Waals surface area contributed by atoms with Crippen LogP contribution in [0.5, 0.6) is 0 Å². The van der Waals surface area contributed by atoms with E-state index in [4.69, 9.17) is 9.47 Å². The topological polar surface area (TPSA) is 158 Å². The van der Waals surface area contributed by atoms with Gasteiger partial charge < -0.3 is 40.3 Å². The molecule has 11 heteroatoms. The van der Waals surface area contributed by atoms with Crippen molar-refractivity contribution in [2.24, 2.45) is 0 Å². The van der Waals surface area contributed by atoms with E-state index in [1.165, 1.54) is 122 Å². The molecule has 5 atom stereocenters. The zero-order valence-corrected chi connectivity index (χ0v) is 37.2. The van der Waals surface area contributed by atoms with E-state index >= 15 is 0 Å². The molecular formula is C48H85N3O8. The lowest BCUT2D eigenvalue weighted by molar-refractivity contribution is -0.231. The second-order valence-electron chi connectivity index (χ2n) is 16.9. The van der Waals surface area contributed by atoms with Gasteiger partial charge in [0, 0.05) is 13.0 Å². The van der Waals surface area contributed by atoms with Crippen LogP contribution in [0.1, 0.15) is 199 Å². The van der Waals surface area contributed by atoms with Crippen molar-refractivity contribution in [2.45, 2.75) is 231 Å². The van der Waals surface area contributed by atoms with Gasteiger partial charge in [-0.15, -0.1) is 0 Å². The number of amides is 3. The molecule has 0 radical (unpaired) electrons. The predicted molar refractivity (Wildman–Crippen MR) is 237 cm³/mol. The molecule has 1 aliphatic heterocycles. The summed E-state index contributed by atoms with van der Waals surface area (Å²) >= 11 is 0. The zero-order chi connectivity index (χ0) is 42.8. The fourth-order valence-electron chi connectivity index (χ4n) is 7.99. The monoisotopic (exact) mass is 832 g/mol. The van der Waals surface area contributed by atoms with Crippen molar-refractivity contribution in [3.05, 3.63) is 35.9 Å². The van der Waals surface area contributed by atoms with E-state index in [2.05, 4.69) is 24.5 Å². The van der Waals surface area contributed by atoms with E-state index in [-0.39, 0.29) is 12.5 Å². The van der Waals surface area contributed by atoms with Crippen molar-refractivity contribution >= 4 is 17.9 Å². The Morgan fingerprint density at radius 1 is 0.644 bits per heavy atom. The van der Waals surface area contributed by atoms with Crippen LogP contribution in [0.3, 0.4) is 0 Å². The molecular weight excluding hydrogens is 747 g/mol. The first kappa shape index (κ1) is 52.4. The normalized spacial score (nSPS) is 19.0. The molecule has 1 saturated heterocycles. The van der Waals surface area contributed by atoms with Gasteiger partial charge in [-0.3, -0.25) is 9.59 Å². The highest BCUT2D eigenvalue weighted by Crippen LogP contribution is 2.26. The van der Waals surface area contributed by atoms with Gasteiger partial charge in [0.15, 0.2) is 6.23 Å². The minimum absolute atomic E-state index is 0.0375. The molecule has 0 aromatic heterocycles. The summed E-state index contributed by atoms with van der Waals surface area (Å²) in [6.45, 7) is 3.88. The van der Waals surface area contributed by atoms with Gasteiger partial charge in [-0.1, -0.05) is 205 Å². The maximum absolute atomic E-state index is 14.0. The molecule has 0 bridgehead atoms. The van der Waals surface area contributed by atoms with Gasteiger partial charge in [0.25, 0.3) is 0 Å². The van der Waals surface area contributed by atoms with Gasteiger partial charge >= 0.3 is 6.09 Å². The third-order valence-corrected chi connectivity index (χ3v) is 11.7. The molecule has 11 nitrogen and oxygen atoms in total.